The molecule has 2 aliphatic heterocycles. The van der Waals surface area contributed by atoms with Gasteiger partial charge in [-0.25, -0.2) is 4.68 Å². The van der Waals surface area contributed by atoms with E-state index >= 15 is 0 Å². The first kappa shape index (κ1) is 15.7. The minimum atomic E-state index is 0.234. The van der Waals surface area contributed by atoms with E-state index in [0.29, 0.717) is 19.3 Å². The summed E-state index contributed by atoms with van der Waals surface area (Å²) < 4.78 is 13.8. The van der Waals surface area contributed by atoms with Crippen molar-refractivity contribution < 1.29 is 9.47 Å². The van der Waals surface area contributed by atoms with Gasteiger partial charge >= 0.3 is 0 Å². The molecule has 1 saturated heterocycles. The zero-order valence-electron chi connectivity index (χ0n) is 13.9. The summed E-state index contributed by atoms with van der Waals surface area (Å²) in [5.41, 5.74) is 2.33. The Morgan fingerprint density at radius 2 is 2.17 bits per heavy atom. The van der Waals surface area contributed by atoms with E-state index in [2.05, 4.69) is 32.0 Å². The van der Waals surface area contributed by atoms with Gasteiger partial charge in [-0.3, -0.25) is 0 Å². The number of nitrogens with zero attached hydrogens (tertiary/aromatic N) is 4. The first-order valence-corrected chi connectivity index (χ1v) is 8.75. The van der Waals surface area contributed by atoms with E-state index in [0.717, 1.165) is 44.8 Å². The van der Waals surface area contributed by atoms with Crippen LogP contribution in [0.3, 0.4) is 0 Å². The van der Waals surface area contributed by atoms with Crippen LogP contribution < -0.4 is 0 Å². The minimum Gasteiger partial charge on any atom is -0.377 e. The molecule has 2 atom stereocenters. The van der Waals surface area contributed by atoms with Crippen molar-refractivity contribution in [3.05, 3.63) is 47.8 Å². The van der Waals surface area contributed by atoms with Crippen molar-refractivity contribution >= 4 is 0 Å². The summed E-state index contributed by atoms with van der Waals surface area (Å²) in [6.45, 7) is 5.25. The third-order valence-electron chi connectivity index (χ3n) is 4.89. The second-order valence-electron chi connectivity index (χ2n) is 6.57. The molecule has 6 heteroatoms. The molecule has 0 N–H and O–H groups in total. The Morgan fingerprint density at radius 1 is 1.25 bits per heavy atom. The number of rotatable bonds is 6. The van der Waals surface area contributed by atoms with Crippen molar-refractivity contribution in [2.75, 3.05) is 26.2 Å². The van der Waals surface area contributed by atoms with Gasteiger partial charge in [0.1, 0.15) is 0 Å². The fraction of sp³-hybridized carbons (Fsp3) is 0.556. The molecule has 1 aromatic carbocycles. The lowest BCUT2D eigenvalue weighted by atomic mass is 10.00. The molecule has 4 rings (SSSR count). The van der Waals surface area contributed by atoms with Crippen molar-refractivity contribution in [2.24, 2.45) is 0 Å². The number of hydrogen-bond acceptors (Lipinski definition) is 5. The fourth-order valence-corrected chi connectivity index (χ4v) is 3.61. The smallest absolute Gasteiger partial charge is 0.0932 e. The highest BCUT2D eigenvalue weighted by Crippen LogP contribution is 2.30. The van der Waals surface area contributed by atoms with E-state index in [9.17, 15) is 0 Å². The molecule has 0 aliphatic carbocycles. The molecule has 2 aliphatic rings. The molecule has 24 heavy (non-hydrogen) atoms. The maximum absolute atomic E-state index is 6.01. The van der Waals surface area contributed by atoms with Gasteiger partial charge in [0.25, 0.3) is 0 Å². The number of hydrogen-bond donors (Lipinski definition) is 0. The summed E-state index contributed by atoms with van der Waals surface area (Å²) in [7, 11) is 0. The van der Waals surface area contributed by atoms with Gasteiger partial charge in [0, 0.05) is 26.2 Å². The van der Waals surface area contributed by atoms with Crippen LogP contribution in [-0.2, 0) is 22.7 Å². The first-order chi connectivity index (χ1) is 11.9. The van der Waals surface area contributed by atoms with Gasteiger partial charge in [0.15, 0.2) is 0 Å². The lowest BCUT2D eigenvalue weighted by molar-refractivity contribution is -0.0697. The largest absolute Gasteiger partial charge is 0.377 e. The Morgan fingerprint density at radius 3 is 3.08 bits per heavy atom. The van der Waals surface area contributed by atoms with E-state index in [1.807, 2.05) is 24.4 Å². The number of benzene rings is 1. The molecule has 0 bridgehead atoms. The third kappa shape index (κ3) is 3.50. The summed E-state index contributed by atoms with van der Waals surface area (Å²) in [4.78, 5) is 2.48. The van der Waals surface area contributed by atoms with Crippen LogP contribution in [0.2, 0.25) is 0 Å². The molecular weight excluding hydrogens is 304 g/mol. The molecule has 1 aromatic heterocycles. The van der Waals surface area contributed by atoms with Crippen LogP contribution in [0, 0.1) is 0 Å². The molecule has 0 amide bonds. The minimum absolute atomic E-state index is 0.234. The molecule has 0 spiro atoms. The third-order valence-corrected chi connectivity index (χ3v) is 4.89. The highest BCUT2D eigenvalue weighted by Gasteiger charge is 2.35. The molecule has 0 unspecified atom stereocenters. The Hall–Kier alpha value is -1.76. The van der Waals surface area contributed by atoms with Crippen LogP contribution in [0.15, 0.2) is 36.5 Å². The number of likely N-dealkylation sites (tertiary alicyclic amines) is 1. The zero-order valence-corrected chi connectivity index (χ0v) is 13.9. The second-order valence-corrected chi connectivity index (χ2v) is 6.57. The van der Waals surface area contributed by atoms with E-state index in [1.54, 1.807) is 0 Å². The predicted molar refractivity (Wildman–Crippen MR) is 89.4 cm³/mol. The molecule has 1 fully saturated rings. The Bertz CT molecular complexity index is 645. The van der Waals surface area contributed by atoms with Gasteiger partial charge in [-0.1, -0.05) is 35.5 Å². The van der Waals surface area contributed by atoms with E-state index < -0.39 is 0 Å². The predicted octanol–water partition coefficient (Wildman–Crippen LogP) is 2.03. The lowest BCUT2D eigenvalue weighted by Gasteiger charge is -2.41. The van der Waals surface area contributed by atoms with Crippen LogP contribution in [-0.4, -0.2) is 52.2 Å². The number of fused-ring (bicyclic) bond motifs is 3. The van der Waals surface area contributed by atoms with Gasteiger partial charge < -0.3 is 14.4 Å². The Kier molecular flexibility index (Phi) is 4.87. The van der Waals surface area contributed by atoms with Crippen molar-refractivity contribution in [2.45, 2.75) is 38.2 Å². The van der Waals surface area contributed by atoms with Gasteiger partial charge in [-0.15, -0.1) is 5.10 Å². The number of piperidine rings is 1. The van der Waals surface area contributed by atoms with Crippen LogP contribution >= 0.6 is 0 Å². The summed E-state index contributed by atoms with van der Waals surface area (Å²) >= 11 is 0. The maximum Gasteiger partial charge on any atom is 0.0932 e. The SMILES string of the molecule is c1ccc(COCCCN2CC[C@H]3[C@H](C2)OCc2cnnn23)cc1. The summed E-state index contributed by atoms with van der Waals surface area (Å²) in [6.07, 6.45) is 4.18. The second kappa shape index (κ2) is 7.42. The average Bonchev–Trinajstić information content (AvgIpc) is 3.11. The molecule has 6 nitrogen and oxygen atoms in total. The maximum atomic E-state index is 6.01. The van der Waals surface area contributed by atoms with Crippen LogP contribution in [0.1, 0.15) is 30.1 Å². The summed E-state index contributed by atoms with van der Waals surface area (Å²) in [6, 6.07) is 10.7. The van der Waals surface area contributed by atoms with Crippen LogP contribution in [0.4, 0.5) is 0 Å². The lowest BCUT2D eigenvalue weighted by Crippen LogP contribution is -2.48. The highest BCUT2D eigenvalue weighted by molar-refractivity contribution is 5.13. The standard InChI is InChI=1S/C18H24N4O2/c1-2-5-15(6-3-1)13-23-10-4-8-21-9-7-17-18(12-21)24-14-16-11-19-20-22(16)17/h1-3,5-6,11,17-18H,4,7-10,12-14H2/t17-,18-/m0/s1. The van der Waals surface area contributed by atoms with E-state index in [4.69, 9.17) is 9.47 Å². The number of aromatic nitrogens is 3. The molecule has 128 valence electrons. The van der Waals surface area contributed by atoms with Gasteiger partial charge in [0.2, 0.25) is 0 Å². The van der Waals surface area contributed by atoms with Crippen LogP contribution in [0.5, 0.6) is 0 Å². The van der Waals surface area contributed by atoms with Crippen molar-refractivity contribution in [1.82, 2.24) is 19.9 Å². The Labute approximate surface area is 142 Å². The van der Waals surface area contributed by atoms with Crippen molar-refractivity contribution in [3.8, 4) is 0 Å². The quantitative estimate of drug-likeness (QED) is 0.760. The first-order valence-electron chi connectivity index (χ1n) is 8.75. The van der Waals surface area contributed by atoms with Gasteiger partial charge in [-0.05, 0) is 18.4 Å². The fourth-order valence-electron chi connectivity index (χ4n) is 3.61. The monoisotopic (exact) mass is 328 g/mol. The average molecular weight is 328 g/mol. The van der Waals surface area contributed by atoms with Crippen LogP contribution in [0.25, 0.3) is 0 Å². The van der Waals surface area contributed by atoms with Crippen molar-refractivity contribution in [1.29, 1.82) is 0 Å². The topological polar surface area (TPSA) is 52.4 Å². The molecule has 0 saturated carbocycles. The molecule has 2 aromatic rings. The zero-order chi connectivity index (χ0) is 16.2. The molecular formula is C18H24N4O2. The van der Waals surface area contributed by atoms with E-state index in [1.165, 1.54) is 5.56 Å². The normalized spacial score (nSPS) is 23.7. The molecule has 3 heterocycles. The number of ether oxygens (including phenoxy) is 2. The Balaban J connectivity index is 1.18. The molecule has 0 radical (unpaired) electrons. The highest BCUT2D eigenvalue weighted by atomic mass is 16.5. The van der Waals surface area contributed by atoms with E-state index in [-0.39, 0.29) is 6.10 Å². The van der Waals surface area contributed by atoms with Gasteiger partial charge in [-0.2, -0.15) is 0 Å². The van der Waals surface area contributed by atoms with Gasteiger partial charge in [0.05, 0.1) is 37.3 Å². The summed E-state index contributed by atoms with van der Waals surface area (Å²) in [5, 5.41) is 8.24. The van der Waals surface area contributed by atoms with Crippen molar-refractivity contribution in [3.63, 3.8) is 0 Å². The summed E-state index contributed by atoms with van der Waals surface area (Å²) in [5.74, 6) is 0.